The van der Waals surface area contributed by atoms with Gasteiger partial charge in [0.1, 0.15) is 0 Å². The molecule has 2 nitrogen and oxygen atoms in total. The average molecular weight is 122 g/mol. The molecule has 0 aromatic heterocycles. The lowest BCUT2D eigenvalue weighted by Gasteiger charge is -2.45. The zero-order valence-electron chi connectivity index (χ0n) is 5.43. The molecule has 2 heteroatoms. The molecule has 2 aliphatic carbocycles. The van der Waals surface area contributed by atoms with Crippen LogP contribution in [-0.2, 0) is 0 Å². The van der Waals surface area contributed by atoms with Crippen LogP contribution in [0.3, 0.4) is 0 Å². The second-order valence-corrected chi connectivity index (χ2v) is 3.37. The first kappa shape index (κ1) is 5.19. The minimum atomic E-state index is 0.627. The highest BCUT2D eigenvalue weighted by molar-refractivity contribution is 5.86. The van der Waals surface area contributed by atoms with Crippen LogP contribution >= 0.6 is 0 Å². The van der Waals surface area contributed by atoms with Gasteiger partial charge in [-0.25, -0.2) is 0 Å². The third kappa shape index (κ3) is 0.569. The molecule has 0 radical (unpaired) electrons. The fraction of sp³-hybridized carbons (Fsp3) is 0.857. The second-order valence-electron chi connectivity index (χ2n) is 3.37. The SMILES string of the molecule is [N-]=[N+]=C1CC2(CCC2)C1. The van der Waals surface area contributed by atoms with Crippen molar-refractivity contribution in [3.05, 3.63) is 5.53 Å². The van der Waals surface area contributed by atoms with Gasteiger partial charge in [-0.1, -0.05) is 6.42 Å². The van der Waals surface area contributed by atoms with Crippen LogP contribution in [0, 0.1) is 5.41 Å². The summed E-state index contributed by atoms with van der Waals surface area (Å²) in [4.78, 5) is 3.19. The van der Waals surface area contributed by atoms with E-state index >= 15 is 0 Å². The maximum atomic E-state index is 8.33. The minimum Gasteiger partial charge on any atom is -0.362 e. The Labute approximate surface area is 54.5 Å². The highest BCUT2D eigenvalue weighted by atomic mass is 14.9. The molecule has 48 valence electrons. The van der Waals surface area contributed by atoms with Gasteiger partial charge < -0.3 is 5.53 Å². The largest absolute Gasteiger partial charge is 0.362 e. The molecule has 0 unspecified atom stereocenters. The van der Waals surface area contributed by atoms with Gasteiger partial charge in [-0.2, -0.15) is 4.79 Å². The van der Waals surface area contributed by atoms with E-state index in [1.54, 1.807) is 0 Å². The van der Waals surface area contributed by atoms with Crippen molar-refractivity contribution < 1.29 is 4.79 Å². The summed E-state index contributed by atoms with van der Waals surface area (Å²) in [5.74, 6) is 0. The van der Waals surface area contributed by atoms with Crippen molar-refractivity contribution in [2.75, 3.05) is 0 Å². The lowest BCUT2D eigenvalue weighted by atomic mass is 9.55. The summed E-state index contributed by atoms with van der Waals surface area (Å²) in [7, 11) is 0. The Morgan fingerprint density at radius 3 is 2.33 bits per heavy atom. The van der Waals surface area contributed by atoms with E-state index in [2.05, 4.69) is 4.79 Å². The third-order valence-electron chi connectivity index (χ3n) is 2.71. The van der Waals surface area contributed by atoms with Gasteiger partial charge in [0.2, 0.25) is 0 Å². The predicted molar refractivity (Wildman–Crippen MR) is 34.1 cm³/mol. The van der Waals surface area contributed by atoms with E-state index in [4.69, 9.17) is 5.53 Å². The van der Waals surface area contributed by atoms with Crippen LogP contribution in [0.5, 0.6) is 0 Å². The van der Waals surface area contributed by atoms with Gasteiger partial charge >= 0.3 is 0 Å². The molecule has 0 bridgehead atoms. The van der Waals surface area contributed by atoms with Crippen molar-refractivity contribution in [1.29, 1.82) is 0 Å². The predicted octanol–water partition coefficient (Wildman–Crippen LogP) is 1.62. The summed E-state index contributed by atoms with van der Waals surface area (Å²) in [6.45, 7) is 0. The molecular weight excluding hydrogens is 112 g/mol. The van der Waals surface area contributed by atoms with Crippen molar-refractivity contribution >= 4 is 5.71 Å². The average Bonchev–Trinajstić information content (AvgIpc) is 1.59. The van der Waals surface area contributed by atoms with Crippen LogP contribution in [0.1, 0.15) is 32.1 Å². The molecule has 0 atom stereocenters. The molecule has 0 aliphatic heterocycles. The molecule has 0 aromatic carbocycles. The smallest absolute Gasteiger partial charge is 0.270 e. The molecule has 2 fully saturated rings. The molecule has 1 spiro atoms. The summed E-state index contributed by atoms with van der Waals surface area (Å²) in [5.41, 5.74) is 9.96. The molecular formula is C7H10N2. The Hall–Kier alpha value is -0.620. The standard InChI is InChI=1S/C7H10N2/c8-9-6-4-7(5-6)2-1-3-7/h1-5H2. The first-order valence-electron chi connectivity index (χ1n) is 3.54. The fourth-order valence-electron chi connectivity index (χ4n) is 1.92. The topological polar surface area (TPSA) is 36.4 Å². The normalized spacial score (nSPS) is 28.7. The Bertz CT molecular complexity index is 175. The molecule has 9 heavy (non-hydrogen) atoms. The molecule has 0 N–H and O–H groups in total. The summed E-state index contributed by atoms with van der Waals surface area (Å²) in [6, 6.07) is 0. The first-order valence-corrected chi connectivity index (χ1v) is 3.54. The van der Waals surface area contributed by atoms with E-state index in [9.17, 15) is 0 Å². The van der Waals surface area contributed by atoms with Crippen LogP contribution < -0.4 is 0 Å². The van der Waals surface area contributed by atoms with Crippen molar-refractivity contribution in [3.63, 3.8) is 0 Å². The van der Waals surface area contributed by atoms with Gasteiger partial charge in [0, 0.05) is 0 Å². The Balaban J connectivity index is 2.03. The number of hydrogen-bond donors (Lipinski definition) is 0. The second kappa shape index (κ2) is 1.45. The van der Waals surface area contributed by atoms with E-state index in [-0.39, 0.29) is 0 Å². The highest BCUT2D eigenvalue weighted by Crippen LogP contribution is 2.53. The molecule has 2 aliphatic rings. The van der Waals surface area contributed by atoms with E-state index in [0.717, 1.165) is 18.6 Å². The van der Waals surface area contributed by atoms with Gasteiger partial charge in [-0.15, -0.1) is 0 Å². The van der Waals surface area contributed by atoms with Crippen molar-refractivity contribution in [2.24, 2.45) is 5.41 Å². The molecule has 0 saturated heterocycles. The van der Waals surface area contributed by atoms with E-state index < -0.39 is 0 Å². The van der Waals surface area contributed by atoms with Crippen molar-refractivity contribution in [2.45, 2.75) is 32.1 Å². The molecule has 0 aromatic rings. The summed E-state index contributed by atoms with van der Waals surface area (Å²) in [5, 5.41) is 0. The molecule has 0 amide bonds. The lowest BCUT2D eigenvalue weighted by molar-refractivity contribution is -0.0438. The Morgan fingerprint density at radius 1 is 1.33 bits per heavy atom. The van der Waals surface area contributed by atoms with Crippen molar-refractivity contribution in [1.82, 2.24) is 0 Å². The van der Waals surface area contributed by atoms with Crippen LogP contribution in [0.4, 0.5) is 0 Å². The van der Waals surface area contributed by atoms with Crippen LogP contribution in [-0.4, -0.2) is 10.5 Å². The molecule has 0 heterocycles. The minimum absolute atomic E-state index is 0.627. The van der Waals surface area contributed by atoms with E-state index in [1.807, 2.05) is 0 Å². The molecule has 2 rings (SSSR count). The highest BCUT2D eigenvalue weighted by Gasteiger charge is 2.50. The van der Waals surface area contributed by atoms with Gasteiger partial charge in [0.15, 0.2) is 0 Å². The van der Waals surface area contributed by atoms with E-state index in [0.29, 0.717) is 5.41 Å². The third-order valence-corrected chi connectivity index (χ3v) is 2.71. The maximum Gasteiger partial charge on any atom is 0.270 e. The zero-order chi connectivity index (χ0) is 6.32. The Morgan fingerprint density at radius 2 is 2.00 bits per heavy atom. The molecule has 2 saturated carbocycles. The number of nitrogens with zero attached hydrogens (tertiary/aromatic N) is 2. The van der Waals surface area contributed by atoms with Gasteiger partial charge in [0.25, 0.3) is 5.71 Å². The van der Waals surface area contributed by atoms with Crippen LogP contribution in [0.25, 0.3) is 5.53 Å². The number of rotatable bonds is 0. The van der Waals surface area contributed by atoms with Crippen LogP contribution in [0.2, 0.25) is 0 Å². The zero-order valence-corrected chi connectivity index (χ0v) is 5.43. The van der Waals surface area contributed by atoms with E-state index in [1.165, 1.54) is 19.3 Å². The summed E-state index contributed by atoms with van der Waals surface area (Å²) < 4.78 is 0. The van der Waals surface area contributed by atoms with Crippen molar-refractivity contribution in [3.8, 4) is 0 Å². The fourth-order valence-corrected chi connectivity index (χ4v) is 1.92. The monoisotopic (exact) mass is 122 g/mol. The van der Waals surface area contributed by atoms with Gasteiger partial charge in [-0.3, -0.25) is 0 Å². The maximum absolute atomic E-state index is 8.33. The van der Waals surface area contributed by atoms with Gasteiger partial charge in [-0.05, 0) is 18.3 Å². The van der Waals surface area contributed by atoms with Crippen LogP contribution in [0.15, 0.2) is 0 Å². The summed E-state index contributed by atoms with van der Waals surface area (Å²) in [6.07, 6.45) is 6.27. The van der Waals surface area contributed by atoms with Gasteiger partial charge in [0.05, 0.1) is 12.8 Å². The number of hydrogen-bond acceptors (Lipinski definition) is 0. The quantitative estimate of drug-likeness (QED) is 0.346. The summed E-state index contributed by atoms with van der Waals surface area (Å²) >= 11 is 0. The first-order chi connectivity index (χ1) is 4.35. The lowest BCUT2D eigenvalue weighted by Crippen LogP contribution is -2.43. The Kier molecular flexibility index (Phi) is 0.837.